The second-order valence-corrected chi connectivity index (χ2v) is 5.52. The number of halogens is 1. The molecule has 5 heteroatoms. The van der Waals surface area contributed by atoms with Gasteiger partial charge in [0.25, 0.3) is 0 Å². The number of hydrogen-bond acceptors (Lipinski definition) is 4. The first-order valence-corrected chi connectivity index (χ1v) is 7.62. The second kappa shape index (κ2) is 6.74. The fraction of sp³-hybridized carbons (Fsp3) is 0.211. The number of hydrogen-bond donors (Lipinski definition) is 1. The van der Waals surface area contributed by atoms with Crippen LogP contribution in [-0.2, 0) is 6.54 Å². The van der Waals surface area contributed by atoms with Crippen LogP contribution < -0.4 is 14.8 Å². The fourth-order valence-electron chi connectivity index (χ4n) is 2.63. The molecule has 1 aromatic heterocycles. The molecule has 0 aliphatic heterocycles. The first-order valence-electron chi connectivity index (χ1n) is 7.62. The number of pyridine rings is 1. The number of fused-ring (bicyclic) bond motifs is 1. The summed E-state index contributed by atoms with van der Waals surface area (Å²) in [5.41, 5.74) is 3.57. The molecule has 0 bridgehead atoms. The predicted octanol–water partition coefficient (Wildman–Crippen LogP) is 4.31. The first kappa shape index (κ1) is 16.1. The van der Waals surface area contributed by atoms with Crippen LogP contribution in [0, 0.1) is 12.7 Å². The first-order chi connectivity index (χ1) is 11.6. The lowest BCUT2D eigenvalue weighted by Gasteiger charge is -2.12. The predicted molar refractivity (Wildman–Crippen MR) is 93.3 cm³/mol. The molecule has 0 aliphatic rings. The maximum atomic E-state index is 13.8. The van der Waals surface area contributed by atoms with Gasteiger partial charge in [-0.2, -0.15) is 0 Å². The van der Waals surface area contributed by atoms with E-state index in [1.807, 2.05) is 37.3 Å². The van der Waals surface area contributed by atoms with Gasteiger partial charge in [-0.15, -0.1) is 0 Å². The van der Waals surface area contributed by atoms with E-state index in [0.717, 1.165) is 33.6 Å². The van der Waals surface area contributed by atoms with Crippen molar-refractivity contribution in [2.45, 2.75) is 13.5 Å². The Balaban J connectivity index is 1.90. The third-order valence-corrected chi connectivity index (χ3v) is 3.84. The van der Waals surface area contributed by atoms with Gasteiger partial charge in [0.2, 0.25) is 0 Å². The fourth-order valence-corrected chi connectivity index (χ4v) is 2.63. The van der Waals surface area contributed by atoms with E-state index in [9.17, 15) is 4.39 Å². The van der Waals surface area contributed by atoms with Crippen molar-refractivity contribution in [1.29, 1.82) is 0 Å². The molecule has 0 aliphatic carbocycles. The van der Waals surface area contributed by atoms with Gasteiger partial charge >= 0.3 is 0 Å². The summed E-state index contributed by atoms with van der Waals surface area (Å²) in [7, 11) is 3.09. The summed E-state index contributed by atoms with van der Waals surface area (Å²) >= 11 is 0. The van der Waals surface area contributed by atoms with E-state index in [2.05, 4.69) is 10.3 Å². The normalized spacial score (nSPS) is 10.7. The van der Waals surface area contributed by atoms with Crippen molar-refractivity contribution >= 4 is 16.6 Å². The molecule has 0 saturated heterocycles. The van der Waals surface area contributed by atoms with Crippen molar-refractivity contribution in [2.75, 3.05) is 19.5 Å². The molecule has 1 N–H and O–H groups in total. The van der Waals surface area contributed by atoms with Crippen molar-refractivity contribution in [1.82, 2.24) is 4.98 Å². The summed E-state index contributed by atoms with van der Waals surface area (Å²) in [6, 6.07) is 12.7. The van der Waals surface area contributed by atoms with Crippen molar-refractivity contribution in [2.24, 2.45) is 0 Å². The van der Waals surface area contributed by atoms with E-state index >= 15 is 0 Å². The maximum Gasteiger partial charge on any atom is 0.165 e. The van der Waals surface area contributed by atoms with E-state index < -0.39 is 0 Å². The van der Waals surface area contributed by atoms with Crippen LogP contribution in [0.3, 0.4) is 0 Å². The Bertz CT molecular complexity index is 881. The zero-order valence-corrected chi connectivity index (χ0v) is 13.9. The molecule has 0 amide bonds. The lowest BCUT2D eigenvalue weighted by Crippen LogP contribution is -2.02. The third-order valence-electron chi connectivity index (χ3n) is 3.84. The molecule has 3 aromatic rings. The number of aromatic nitrogens is 1. The molecule has 0 fully saturated rings. The molecule has 0 unspecified atom stereocenters. The minimum absolute atomic E-state index is 0.244. The molecule has 3 rings (SSSR count). The minimum Gasteiger partial charge on any atom is -0.497 e. The second-order valence-electron chi connectivity index (χ2n) is 5.52. The number of nitrogens with zero attached hydrogens (tertiary/aromatic N) is 1. The van der Waals surface area contributed by atoms with E-state index in [0.29, 0.717) is 6.54 Å². The largest absolute Gasteiger partial charge is 0.497 e. The van der Waals surface area contributed by atoms with Gasteiger partial charge in [-0.3, -0.25) is 4.98 Å². The molecule has 4 nitrogen and oxygen atoms in total. The van der Waals surface area contributed by atoms with Crippen LogP contribution >= 0.6 is 0 Å². The molecule has 1 heterocycles. The molecule has 0 spiro atoms. The molecule has 0 atom stereocenters. The molecule has 2 aromatic carbocycles. The molecular weight excluding hydrogens is 307 g/mol. The van der Waals surface area contributed by atoms with Crippen molar-refractivity contribution in [3.8, 4) is 11.5 Å². The van der Waals surface area contributed by atoms with E-state index in [1.165, 1.54) is 13.2 Å². The number of rotatable bonds is 5. The van der Waals surface area contributed by atoms with E-state index in [-0.39, 0.29) is 11.6 Å². The Morgan fingerprint density at radius 1 is 1.04 bits per heavy atom. The van der Waals surface area contributed by atoms with Gasteiger partial charge < -0.3 is 14.8 Å². The highest BCUT2D eigenvalue weighted by atomic mass is 19.1. The lowest BCUT2D eigenvalue weighted by atomic mass is 10.1. The summed E-state index contributed by atoms with van der Waals surface area (Å²) in [4.78, 5) is 4.53. The van der Waals surface area contributed by atoms with Gasteiger partial charge in [-0.25, -0.2) is 4.39 Å². The molecule has 0 saturated carbocycles. The van der Waals surface area contributed by atoms with Gasteiger partial charge in [-0.1, -0.05) is 6.07 Å². The number of nitrogens with one attached hydrogen (secondary N) is 1. The Labute approximate surface area is 140 Å². The van der Waals surface area contributed by atoms with Crippen molar-refractivity contribution < 1.29 is 13.9 Å². The monoisotopic (exact) mass is 326 g/mol. The summed E-state index contributed by atoms with van der Waals surface area (Å²) < 4.78 is 24.0. The highest BCUT2D eigenvalue weighted by Crippen LogP contribution is 2.28. The van der Waals surface area contributed by atoms with E-state index in [1.54, 1.807) is 13.2 Å². The Kier molecular flexibility index (Phi) is 4.51. The van der Waals surface area contributed by atoms with Crippen LogP contribution in [0.5, 0.6) is 11.5 Å². The average molecular weight is 326 g/mol. The summed E-state index contributed by atoms with van der Waals surface area (Å²) in [6.07, 6.45) is 0. The quantitative estimate of drug-likeness (QED) is 0.759. The Morgan fingerprint density at radius 2 is 1.88 bits per heavy atom. The molecular formula is C19H19FN2O2. The Hall–Kier alpha value is -2.82. The maximum absolute atomic E-state index is 13.8. The highest BCUT2D eigenvalue weighted by Gasteiger charge is 2.07. The standard InChI is InChI=1S/C19H19FN2O2/c1-12-8-18(15-10-14(23-2)5-6-17(15)22-12)21-11-13-4-7-19(24-3)16(20)9-13/h4-10H,11H2,1-3H3,(H,21,22). The average Bonchev–Trinajstić information content (AvgIpc) is 2.59. The van der Waals surface area contributed by atoms with Crippen LogP contribution in [0.4, 0.5) is 10.1 Å². The lowest BCUT2D eigenvalue weighted by molar-refractivity contribution is 0.386. The number of methoxy groups -OCH3 is 2. The molecule has 24 heavy (non-hydrogen) atoms. The number of anilines is 1. The van der Waals surface area contributed by atoms with Crippen LogP contribution in [-0.4, -0.2) is 19.2 Å². The van der Waals surface area contributed by atoms with Crippen LogP contribution in [0.15, 0.2) is 42.5 Å². The smallest absolute Gasteiger partial charge is 0.165 e. The summed E-state index contributed by atoms with van der Waals surface area (Å²) in [5, 5.41) is 4.32. The van der Waals surface area contributed by atoms with Crippen molar-refractivity contribution in [3.05, 3.63) is 59.5 Å². The van der Waals surface area contributed by atoms with Gasteiger partial charge in [0.15, 0.2) is 11.6 Å². The zero-order chi connectivity index (χ0) is 17.1. The number of ether oxygens (including phenoxy) is 2. The SMILES string of the molecule is COc1ccc2nc(C)cc(NCc3ccc(OC)c(F)c3)c2c1. The van der Waals surface area contributed by atoms with Crippen LogP contribution in [0.2, 0.25) is 0 Å². The molecule has 0 radical (unpaired) electrons. The highest BCUT2D eigenvalue weighted by molar-refractivity contribution is 5.92. The summed E-state index contributed by atoms with van der Waals surface area (Å²) in [5.74, 6) is 0.648. The topological polar surface area (TPSA) is 43.4 Å². The van der Waals surface area contributed by atoms with Gasteiger partial charge in [0.05, 0.1) is 19.7 Å². The van der Waals surface area contributed by atoms with Crippen LogP contribution in [0.25, 0.3) is 10.9 Å². The number of aryl methyl sites for hydroxylation is 1. The summed E-state index contributed by atoms with van der Waals surface area (Å²) in [6.45, 7) is 2.44. The van der Waals surface area contributed by atoms with Crippen molar-refractivity contribution in [3.63, 3.8) is 0 Å². The number of benzene rings is 2. The van der Waals surface area contributed by atoms with Crippen LogP contribution in [0.1, 0.15) is 11.3 Å². The Morgan fingerprint density at radius 3 is 2.58 bits per heavy atom. The van der Waals surface area contributed by atoms with Gasteiger partial charge in [0.1, 0.15) is 5.75 Å². The minimum atomic E-state index is -0.366. The van der Waals surface area contributed by atoms with E-state index in [4.69, 9.17) is 9.47 Å². The molecule has 124 valence electrons. The van der Waals surface area contributed by atoms with Gasteiger partial charge in [0, 0.05) is 23.3 Å². The third kappa shape index (κ3) is 3.25. The zero-order valence-electron chi connectivity index (χ0n) is 13.9. The van der Waals surface area contributed by atoms with Gasteiger partial charge in [-0.05, 0) is 48.9 Å².